The van der Waals surface area contributed by atoms with E-state index in [1.54, 1.807) is 24.4 Å². The number of carbonyl (C=O) groups is 2. The highest BCUT2D eigenvalue weighted by molar-refractivity contribution is 6.31. The average molecular weight is 544 g/mol. The van der Waals surface area contributed by atoms with Gasteiger partial charge in [-0.1, -0.05) is 85.5 Å². The molecule has 1 fully saturated rings. The molecule has 200 valence electrons. The molecule has 1 aliphatic carbocycles. The Labute approximate surface area is 232 Å². The van der Waals surface area contributed by atoms with Gasteiger partial charge in [-0.2, -0.15) is 4.80 Å². The largest absolute Gasteiger partial charge is 0.351 e. The number of nitrogens with zero attached hydrogens (tertiary/aromatic N) is 6. The second kappa shape index (κ2) is 12.6. The van der Waals surface area contributed by atoms with Gasteiger partial charge >= 0.3 is 0 Å². The van der Waals surface area contributed by atoms with E-state index in [4.69, 9.17) is 11.6 Å². The molecule has 39 heavy (non-hydrogen) atoms. The summed E-state index contributed by atoms with van der Waals surface area (Å²) in [6.45, 7) is -0.0948. The molecule has 4 aromatic rings. The van der Waals surface area contributed by atoms with Gasteiger partial charge in [0.15, 0.2) is 6.04 Å². The van der Waals surface area contributed by atoms with Gasteiger partial charge in [-0.05, 0) is 41.8 Å². The zero-order valence-electron chi connectivity index (χ0n) is 21.5. The first-order valence-electron chi connectivity index (χ1n) is 13.2. The Bertz CT molecular complexity index is 1390. The molecule has 2 heterocycles. The molecule has 0 aliphatic heterocycles. The summed E-state index contributed by atoms with van der Waals surface area (Å²) in [5.41, 5.74) is 1.99. The van der Waals surface area contributed by atoms with Crippen molar-refractivity contribution in [2.75, 3.05) is 0 Å². The van der Waals surface area contributed by atoms with Crippen LogP contribution in [-0.2, 0) is 22.7 Å². The first kappa shape index (κ1) is 26.5. The van der Waals surface area contributed by atoms with Crippen LogP contribution < -0.4 is 5.32 Å². The summed E-state index contributed by atoms with van der Waals surface area (Å²) in [4.78, 5) is 35.0. The average Bonchev–Trinajstić information content (AvgIpc) is 3.44. The second-order valence-electron chi connectivity index (χ2n) is 9.62. The molecule has 1 atom stereocenters. The molecule has 0 saturated heterocycles. The van der Waals surface area contributed by atoms with Crippen molar-refractivity contribution < 1.29 is 9.59 Å². The van der Waals surface area contributed by atoms with E-state index in [1.807, 2.05) is 54.6 Å². The van der Waals surface area contributed by atoms with Crippen molar-refractivity contribution in [1.82, 2.24) is 35.4 Å². The smallest absolute Gasteiger partial charge is 0.249 e. The number of pyridine rings is 1. The van der Waals surface area contributed by atoms with Crippen LogP contribution in [0.5, 0.6) is 0 Å². The predicted octanol–water partition coefficient (Wildman–Crippen LogP) is 4.61. The molecule has 2 aromatic carbocycles. The van der Waals surface area contributed by atoms with Crippen LogP contribution in [-0.4, -0.2) is 47.9 Å². The summed E-state index contributed by atoms with van der Waals surface area (Å²) in [5, 5.41) is 16.3. The maximum Gasteiger partial charge on any atom is 0.249 e. The zero-order valence-corrected chi connectivity index (χ0v) is 22.2. The van der Waals surface area contributed by atoms with Crippen molar-refractivity contribution in [1.29, 1.82) is 0 Å². The van der Waals surface area contributed by atoms with E-state index >= 15 is 0 Å². The van der Waals surface area contributed by atoms with Crippen LogP contribution in [0, 0.1) is 0 Å². The number of tetrazole rings is 1. The van der Waals surface area contributed by atoms with Crippen LogP contribution >= 0.6 is 11.6 Å². The van der Waals surface area contributed by atoms with Gasteiger partial charge in [0.05, 0.1) is 5.69 Å². The fourth-order valence-corrected chi connectivity index (χ4v) is 5.05. The standard InChI is InChI=1S/C29H30ClN7O2/c30-24-16-8-7-13-22(24)19-36(26(38)20-37-34-28(33-35-37)21-11-3-1-4-12-21)27(25-17-9-10-18-31-25)29(39)32-23-14-5-2-6-15-23/h1,3-4,7-13,16-18,23,27H,2,5-6,14-15,19-20H2,(H,32,39)/t27-/m0/s1. The number of carbonyl (C=O) groups excluding carboxylic acids is 2. The number of aromatic nitrogens is 5. The Morgan fingerprint density at radius 2 is 1.72 bits per heavy atom. The van der Waals surface area contributed by atoms with Crippen molar-refractivity contribution in [2.24, 2.45) is 0 Å². The monoisotopic (exact) mass is 543 g/mol. The Morgan fingerprint density at radius 3 is 2.46 bits per heavy atom. The number of hydrogen-bond acceptors (Lipinski definition) is 6. The zero-order chi connectivity index (χ0) is 27.0. The number of hydrogen-bond donors (Lipinski definition) is 1. The third-order valence-corrected chi connectivity index (χ3v) is 7.23. The van der Waals surface area contributed by atoms with E-state index in [2.05, 4.69) is 25.7 Å². The van der Waals surface area contributed by atoms with Gasteiger partial charge in [-0.25, -0.2) is 0 Å². The quantitative estimate of drug-likeness (QED) is 0.330. The third-order valence-electron chi connectivity index (χ3n) is 6.86. The van der Waals surface area contributed by atoms with Gasteiger partial charge in [-0.3, -0.25) is 14.6 Å². The summed E-state index contributed by atoms with van der Waals surface area (Å²) < 4.78 is 0. The number of benzene rings is 2. The fourth-order valence-electron chi connectivity index (χ4n) is 4.86. The van der Waals surface area contributed by atoms with Crippen molar-refractivity contribution in [3.05, 3.63) is 95.3 Å². The molecule has 10 heteroatoms. The van der Waals surface area contributed by atoms with Gasteiger partial charge < -0.3 is 10.2 Å². The molecule has 0 spiro atoms. The van der Waals surface area contributed by atoms with E-state index in [0.717, 1.165) is 36.8 Å². The summed E-state index contributed by atoms with van der Waals surface area (Å²) in [6.07, 6.45) is 6.78. The van der Waals surface area contributed by atoms with E-state index in [-0.39, 0.29) is 30.9 Å². The molecule has 1 saturated carbocycles. The highest BCUT2D eigenvalue weighted by Gasteiger charge is 2.34. The Kier molecular flexibility index (Phi) is 8.58. The summed E-state index contributed by atoms with van der Waals surface area (Å²) in [5.74, 6) is -0.212. The molecule has 0 bridgehead atoms. The molecule has 2 amide bonds. The minimum atomic E-state index is -0.964. The van der Waals surface area contributed by atoms with Crippen LogP contribution in [0.2, 0.25) is 5.02 Å². The van der Waals surface area contributed by atoms with Crippen LogP contribution in [0.4, 0.5) is 0 Å². The number of nitrogens with one attached hydrogen (secondary N) is 1. The molecule has 0 unspecified atom stereocenters. The third kappa shape index (κ3) is 6.67. The van der Waals surface area contributed by atoms with E-state index < -0.39 is 6.04 Å². The Morgan fingerprint density at radius 1 is 0.974 bits per heavy atom. The molecule has 1 N–H and O–H groups in total. The van der Waals surface area contributed by atoms with E-state index in [9.17, 15) is 9.59 Å². The summed E-state index contributed by atoms with van der Waals surface area (Å²) >= 11 is 6.50. The maximum atomic E-state index is 13.9. The molecular weight excluding hydrogens is 514 g/mol. The van der Waals surface area contributed by atoms with Gasteiger partial charge in [0.25, 0.3) is 0 Å². The predicted molar refractivity (Wildman–Crippen MR) is 147 cm³/mol. The Balaban J connectivity index is 1.46. The summed E-state index contributed by atoms with van der Waals surface area (Å²) in [7, 11) is 0. The molecular formula is C29H30ClN7O2. The van der Waals surface area contributed by atoms with Gasteiger partial charge in [0.2, 0.25) is 17.6 Å². The van der Waals surface area contributed by atoms with Crippen LogP contribution in [0.1, 0.15) is 49.4 Å². The van der Waals surface area contributed by atoms with E-state index in [1.165, 1.54) is 16.1 Å². The second-order valence-corrected chi connectivity index (χ2v) is 10.0. The fraction of sp³-hybridized carbons (Fsp3) is 0.310. The maximum absolute atomic E-state index is 13.9. The van der Waals surface area contributed by atoms with Crippen LogP contribution in [0.25, 0.3) is 11.4 Å². The van der Waals surface area contributed by atoms with Gasteiger partial charge in [-0.15, -0.1) is 10.2 Å². The highest BCUT2D eigenvalue weighted by atomic mass is 35.5. The molecule has 2 aromatic heterocycles. The lowest BCUT2D eigenvalue weighted by Crippen LogP contribution is -2.48. The lowest BCUT2D eigenvalue weighted by Gasteiger charge is -2.33. The highest BCUT2D eigenvalue weighted by Crippen LogP contribution is 2.27. The van der Waals surface area contributed by atoms with Crippen molar-refractivity contribution >= 4 is 23.4 Å². The van der Waals surface area contributed by atoms with E-state index in [0.29, 0.717) is 16.5 Å². The molecule has 5 rings (SSSR count). The minimum absolute atomic E-state index is 0.0696. The van der Waals surface area contributed by atoms with Crippen LogP contribution in [0.3, 0.4) is 0 Å². The van der Waals surface area contributed by atoms with Crippen LogP contribution in [0.15, 0.2) is 79.0 Å². The van der Waals surface area contributed by atoms with Crippen molar-refractivity contribution in [3.63, 3.8) is 0 Å². The normalized spacial score (nSPS) is 14.5. The van der Waals surface area contributed by atoms with Gasteiger partial charge in [0.1, 0.15) is 6.54 Å². The minimum Gasteiger partial charge on any atom is -0.351 e. The lowest BCUT2D eigenvalue weighted by molar-refractivity contribution is -0.143. The number of rotatable bonds is 9. The number of amides is 2. The lowest BCUT2D eigenvalue weighted by atomic mass is 9.95. The first-order valence-corrected chi connectivity index (χ1v) is 13.5. The molecule has 9 nitrogen and oxygen atoms in total. The summed E-state index contributed by atoms with van der Waals surface area (Å²) in [6, 6.07) is 21.2. The Hall–Kier alpha value is -4.11. The number of halogens is 1. The molecule has 0 radical (unpaired) electrons. The first-order chi connectivity index (χ1) is 19.1. The topological polar surface area (TPSA) is 106 Å². The van der Waals surface area contributed by atoms with Crippen molar-refractivity contribution in [2.45, 2.75) is 57.3 Å². The van der Waals surface area contributed by atoms with Crippen molar-refractivity contribution in [3.8, 4) is 11.4 Å². The van der Waals surface area contributed by atoms with Gasteiger partial charge in [0, 0.05) is 29.4 Å². The molecule has 1 aliphatic rings. The SMILES string of the molecule is O=C(NC1CCCCC1)[C@H](c1ccccn1)N(Cc1ccccc1Cl)C(=O)Cn1nnc(-c2ccccc2)n1.